The van der Waals surface area contributed by atoms with E-state index < -0.39 is 0 Å². The Balaban J connectivity index is 1.30. The van der Waals surface area contributed by atoms with Gasteiger partial charge in [-0.05, 0) is 37.3 Å². The average molecular weight is 504 g/mol. The van der Waals surface area contributed by atoms with Gasteiger partial charge in [0.25, 0.3) is 0 Å². The van der Waals surface area contributed by atoms with Crippen LogP contribution < -0.4 is 9.47 Å². The van der Waals surface area contributed by atoms with Crippen molar-refractivity contribution in [1.82, 2.24) is 24.6 Å². The summed E-state index contributed by atoms with van der Waals surface area (Å²) in [6, 6.07) is 13.1. The highest BCUT2D eigenvalue weighted by atomic mass is 35.5. The van der Waals surface area contributed by atoms with E-state index in [0.717, 1.165) is 33.0 Å². The standard InChI is InChI=1S/C25H18ClN5O3S/c1-14-3-6-24-29-19(11-31(24)30-14)22-9-18-20(7-17(32-2)8-21(18)34-22)33-12-16-13-35-25(28-16)15-4-5-23(26)27-10-15/h3-11,13H,12H2,1-2H3. The third-order valence-corrected chi connectivity index (χ3v) is 6.58. The minimum absolute atomic E-state index is 0.290. The molecule has 0 unspecified atom stereocenters. The number of imidazole rings is 1. The Morgan fingerprint density at radius 2 is 2.03 bits per heavy atom. The van der Waals surface area contributed by atoms with Gasteiger partial charge in [0, 0.05) is 29.3 Å². The first-order valence-electron chi connectivity index (χ1n) is 10.7. The van der Waals surface area contributed by atoms with E-state index in [1.807, 2.05) is 54.9 Å². The fourth-order valence-electron chi connectivity index (χ4n) is 3.70. The summed E-state index contributed by atoms with van der Waals surface area (Å²) in [4.78, 5) is 13.4. The average Bonchev–Trinajstić information content (AvgIpc) is 3.60. The zero-order valence-corrected chi connectivity index (χ0v) is 20.3. The maximum atomic E-state index is 6.17. The zero-order valence-electron chi connectivity index (χ0n) is 18.7. The van der Waals surface area contributed by atoms with E-state index in [1.54, 1.807) is 23.9 Å². The molecule has 5 heterocycles. The molecule has 0 fully saturated rings. The van der Waals surface area contributed by atoms with Gasteiger partial charge in [0.2, 0.25) is 0 Å². The molecule has 10 heteroatoms. The smallest absolute Gasteiger partial charge is 0.155 e. The lowest BCUT2D eigenvalue weighted by Crippen LogP contribution is -1.97. The summed E-state index contributed by atoms with van der Waals surface area (Å²) in [6.45, 7) is 2.23. The molecule has 0 amide bonds. The Morgan fingerprint density at radius 3 is 2.86 bits per heavy atom. The van der Waals surface area contributed by atoms with Crippen molar-refractivity contribution in [2.24, 2.45) is 0 Å². The third kappa shape index (κ3) is 4.20. The van der Waals surface area contributed by atoms with Crippen molar-refractivity contribution in [1.29, 1.82) is 0 Å². The number of halogens is 1. The first kappa shape index (κ1) is 21.6. The Bertz CT molecular complexity index is 1670. The van der Waals surface area contributed by atoms with Crippen molar-refractivity contribution in [3.8, 4) is 33.5 Å². The van der Waals surface area contributed by atoms with E-state index in [-0.39, 0.29) is 6.61 Å². The van der Waals surface area contributed by atoms with Crippen LogP contribution in [0.5, 0.6) is 11.5 Å². The van der Waals surface area contributed by atoms with Crippen LogP contribution in [0.3, 0.4) is 0 Å². The summed E-state index contributed by atoms with van der Waals surface area (Å²) in [5.41, 5.74) is 4.69. The number of aryl methyl sites for hydroxylation is 1. The molecular weight excluding hydrogens is 486 g/mol. The molecule has 0 N–H and O–H groups in total. The molecule has 6 aromatic rings. The lowest BCUT2D eigenvalue weighted by atomic mass is 10.2. The van der Waals surface area contributed by atoms with Gasteiger partial charge in [-0.25, -0.2) is 19.5 Å². The van der Waals surface area contributed by atoms with E-state index in [1.165, 1.54) is 11.3 Å². The topological polar surface area (TPSA) is 87.6 Å². The van der Waals surface area contributed by atoms with Crippen LogP contribution in [0.4, 0.5) is 0 Å². The van der Waals surface area contributed by atoms with Crippen LogP contribution in [0.25, 0.3) is 38.6 Å². The predicted octanol–water partition coefficient (Wildman–Crippen LogP) is 6.21. The molecule has 1 aromatic carbocycles. The normalized spacial score (nSPS) is 11.4. The number of methoxy groups -OCH3 is 1. The maximum absolute atomic E-state index is 6.17. The van der Waals surface area contributed by atoms with Crippen molar-refractivity contribution in [3.05, 3.63) is 76.8 Å². The van der Waals surface area contributed by atoms with E-state index in [4.69, 9.17) is 25.5 Å². The Kier molecular flexibility index (Phi) is 5.35. The van der Waals surface area contributed by atoms with E-state index >= 15 is 0 Å². The molecule has 0 bridgehead atoms. The SMILES string of the molecule is COc1cc(OCc2csc(-c3ccc(Cl)nc3)n2)c2cc(-c3cn4nc(C)ccc4n3)oc2c1. The Hall–Kier alpha value is -3.95. The number of ether oxygens (including phenoxy) is 2. The van der Waals surface area contributed by atoms with Gasteiger partial charge >= 0.3 is 0 Å². The van der Waals surface area contributed by atoms with Gasteiger partial charge in [-0.1, -0.05) is 11.6 Å². The van der Waals surface area contributed by atoms with E-state index in [2.05, 4.69) is 20.1 Å². The molecule has 6 rings (SSSR count). The Labute approximate surface area is 208 Å². The van der Waals surface area contributed by atoms with E-state index in [9.17, 15) is 0 Å². The minimum atomic E-state index is 0.290. The van der Waals surface area contributed by atoms with E-state index in [0.29, 0.717) is 33.7 Å². The quantitative estimate of drug-likeness (QED) is 0.250. The van der Waals surface area contributed by atoms with Gasteiger partial charge in [0.1, 0.15) is 39.5 Å². The van der Waals surface area contributed by atoms with Gasteiger partial charge < -0.3 is 13.9 Å². The number of pyridine rings is 1. The van der Waals surface area contributed by atoms with Crippen LogP contribution in [0.1, 0.15) is 11.4 Å². The number of thiazole rings is 1. The molecule has 8 nitrogen and oxygen atoms in total. The van der Waals surface area contributed by atoms with Crippen molar-refractivity contribution < 1.29 is 13.9 Å². The molecule has 0 saturated carbocycles. The van der Waals surface area contributed by atoms with Crippen LogP contribution in [-0.2, 0) is 6.61 Å². The molecular formula is C25H18ClN5O3S. The first-order chi connectivity index (χ1) is 17.1. The Morgan fingerprint density at radius 1 is 1.11 bits per heavy atom. The second kappa shape index (κ2) is 8.68. The fraction of sp³-hybridized carbons (Fsp3) is 0.120. The number of aromatic nitrogens is 5. The lowest BCUT2D eigenvalue weighted by Gasteiger charge is -2.07. The van der Waals surface area contributed by atoms with Crippen LogP contribution in [0.2, 0.25) is 5.15 Å². The van der Waals surface area contributed by atoms with Crippen molar-refractivity contribution in [2.45, 2.75) is 13.5 Å². The summed E-state index contributed by atoms with van der Waals surface area (Å²) in [7, 11) is 1.61. The number of hydrogen-bond acceptors (Lipinski definition) is 8. The summed E-state index contributed by atoms with van der Waals surface area (Å²) < 4.78 is 19.5. The molecule has 174 valence electrons. The summed E-state index contributed by atoms with van der Waals surface area (Å²) in [5, 5.41) is 8.55. The van der Waals surface area contributed by atoms with Gasteiger partial charge in [-0.2, -0.15) is 5.10 Å². The summed E-state index contributed by atoms with van der Waals surface area (Å²) in [5.74, 6) is 1.88. The predicted molar refractivity (Wildman–Crippen MR) is 134 cm³/mol. The first-order valence-corrected chi connectivity index (χ1v) is 12.0. The van der Waals surface area contributed by atoms with Gasteiger partial charge in [-0.15, -0.1) is 11.3 Å². The highest BCUT2D eigenvalue weighted by Gasteiger charge is 2.16. The second-order valence-corrected chi connectivity index (χ2v) is 9.10. The molecule has 35 heavy (non-hydrogen) atoms. The summed E-state index contributed by atoms with van der Waals surface area (Å²) >= 11 is 7.41. The van der Waals surface area contributed by atoms with Crippen molar-refractivity contribution in [2.75, 3.05) is 7.11 Å². The van der Waals surface area contributed by atoms with Crippen molar-refractivity contribution in [3.63, 3.8) is 0 Å². The van der Waals surface area contributed by atoms with Gasteiger partial charge in [-0.3, -0.25) is 0 Å². The van der Waals surface area contributed by atoms with Crippen LogP contribution in [0.15, 0.2) is 64.7 Å². The maximum Gasteiger partial charge on any atom is 0.155 e. The third-order valence-electron chi connectivity index (χ3n) is 5.42. The fourth-order valence-corrected chi connectivity index (χ4v) is 4.61. The second-order valence-electron chi connectivity index (χ2n) is 7.85. The molecule has 0 radical (unpaired) electrons. The van der Waals surface area contributed by atoms with Crippen LogP contribution >= 0.6 is 22.9 Å². The monoisotopic (exact) mass is 503 g/mol. The number of hydrogen-bond donors (Lipinski definition) is 0. The molecule has 0 atom stereocenters. The van der Waals surface area contributed by atoms with Crippen LogP contribution in [-0.4, -0.2) is 31.7 Å². The number of nitrogens with zero attached hydrogens (tertiary/aromatic N) is 5. The molecule has 0 saturated heterocycles. The number of rotatable bonds is 6. The number of benzene rings is 1. The van der Waals surface area contributed by atoms with Gasteiger partial charge in [0.15, 0.2) is 11.4 Å². The lowest BCUT2D eigenvalue weighted by molar-refractivity contribution is 0.303. The molecule has 5 aromatic heterocycles. The number of furan rings is 1. The van der Waals surface area contributed by atoms with Crippen LogP contribution in [0, 0.1) is 6.92 Å². The number of fused-ring (bicyclic) bond motifs is 2. The minimum Gasteiger partial charge on any atom is -0.496 e. The molecule has 0 aliphatic rings. The van der Waals surface area contributed by atoms with Gasteiger partial charge in [0.05, 0.1) is 30.1 Å². The highest BCUT2D eigenvalue weighted by Crippen LogP contribution is 2.37. The van der Waals surface area contributed by atoms with Crippen molar-refractivity contribution >= 4 is 39.6 Å². The molecule has 0 spiro atoms. The zero-order chi connectivity index (χ0) is 23.9. The molecule has 0 aliphatic heterocycles. The largest absolute Gasteiger partial charge is 0.496 e. The summed E-state index contributed by atoms with van der Waals surface area (Å²) in [6.07, 6.45) is 3.56. The molecule has 0 aliphatic carbocycles. The highest BCUT2D eigenvalue weighted by molar-refractivity contribution is 7.13.